The third-order valence-electron chi connectivity index (χ3n) is 5.43. The third-order valence-corrected chi connectivity index (χ3v) is 5.73. The molecule has 0 aliphatic carbocycles. The molecule has 1 unspecified atom stereocenters. The Morgan fingerprint density at radius 3 is 2.49 bits per heavy atom. The van der Waals surface area contributed by atoms with Gasteiger partial charge in [0.1, 0.15) is 23.0 Å². The van der Waals surface area contributed by atoms with E-state index in [0.29, 0.717) is 28.3 Å². The van der Waals surface area contributed by atoms with Crippen molar-refractivity contribution < 1.29 is 32.2 Å². The number of ether oxygens (including phenoxy) is 1. The van der Waals surface area contributed by atoms with Crippen LogP contribution in [0.3, 0.4) is 0 Å². The van der Waals surface area contributed by atoms with E-state index >= 15 is 0 Å². The van der Waals surface area contributed by atoms with Gasteiger partial charge in [0, 0.05) is 12.0 Å². The van der Waals surface area contributed by atoms with Gasteiger partial charge in [-0.3, -0.25) is 9.80 Å². The van der Waals surface area contributed by atoms with Crippen LogP contribution in [-0.4, -0.2) is 29.0 Å². The van der Waals surface area contributed by atoms with Gasteiger partial charge in [0.2, 0.25) is 0 Å². The van der Waals surface area contributed by atoms with Crippen LogP contribution in [0.15, 0.2) is 65.8 Å². The molecule has 5 nitrogen and oxygen atoms in total. The predicted molar refractivity (Wildman–Crippen MR) is 125 cm³/mol. The molecule has 10 heteroatoms. The van der Waals surface area contributed by atoms with Crippen molar-refractivity contribution in [1.29, 1.82) is 0 Å². The zero-order chi connectivity index (χ0) is 25.3. The number of anilines is 1. The zero-order valence-electron chi connectivity index (χ0n) is 18.3. The van der Waals surface area contributed by atoms with Gasteiger partial charge in [0.15, 0.2) is 0 Å². The van der Waals surface area contributed by atoms with E-state index in [2.05, 4.69) is 5.10 Å². The molecule has 0 fully saturated rings. The minimum absolute atomic E-state index is 0.243. The van der Waals surface area contributed by atoms with Gasteiger partial charge in [0.05, 0.1) is 23.2 Å². The molecule has 35 heavy (non-hydrogen) atoms. The minimum atomic E-state index is -4.64. The number of hydrogen-bond donors (Lipinski definition) is 1. The highest BCUT2D eigenvalue weighted by Gasteiger charge is 2.43. The fourth-order valence-corrected chi connectivity index (χ4v) is 3.99. The Hall–Kier alpha value is -3.59. The van der Waals surface area contributed by atoms with Gasteiger partial charge in [-0.1, -0.05) is 29.3 Å². The topological polar surface area (TPSA) is 62.1 Å². The van der Waals surface area contributed by atoms with Crippen LogP contribution >= 0.6 is 11.6 Å². The van der Waals surface area contributed by atoms with Crippen molar-refractivity contribution >= 4 is 29.0 Å². The van der Waals surface area contributed by atoms with Gasteiger partial charge in [0.25, 0.3) is 0 Å². The van der Waals surface area contributed by atoms with E-state index in [4.69, 9.17) is 21.4 Å². The van der Waals surface area contributed by atoms with E-state index in [9.17, 15) is 22.4 Å². The molecular weight excluding hydrogens is 488 g/mol. The molecule has 4 rings (SSSR count). The first-order chi connectivity index (χ1) is 16.5. The maximum atomic E-state index is 14.2. The quantitative estimate of drug-likeness (QED) is 0.359. The van der Waals surface area contributed by atoms with E-state index < -0.39 is 36.7 Å². The number of rotatable bonds is 6. The molecule has 3 aromatic rings. The Bertz CT molecular complexity index is 1290. The summed E-state index contributed by atoms with van der Waals surface area (Å²) in [4.78, 5) is 11.1. The summed E-state index contributed by atoms with van der Waals surface area (Å²) in [7, 11) is 0. The number of alkyl halides is 3. The van der Waals surface area contributed by atoms with Gasteiger partial charge >= 0.3 is 12.1 Å². The van der Waals surface area contributed by atoms with Gasteiger partial charge in [-0.25, -0.2) is 4.39 Å². The number of hydrazone groups is 1. The van der Waals surface area contributed by atoms with Crippen LogP contribution in [0.25, 0.3) is 11.1 Å². The third kappa shape index (κ3) is 5.57. The van der Waals surface area contributed by atoms with E-state index in [0.717, 1.165) is 10.6 Å². The second kappa shape index (κ2) is 9.58. The van der Waals surface area contributed by atoms with Gasteiger partial charge in [-0.2, -0.15) is 18.3 Å². The molecule has 0 bridgehead atoms. The Labute approximate surface area is 203 Å². The average molecular weight is 507 g/mol. The molecular formula is C25H19ClF4N2O3. The van der Waals surface area contributed by atoms with Gasteiger partial charge in [-0.05, 0) is 61.0 Å². The van der Waals surface area contributed by atoms with Gasteiger partial charge in [-0.15, -0.1) is 0 Å². The lowest BCUT2D eigenvalue weighted by atomic mass is 10.0. The molecule has 1 N–H and O–H groups in total. The number of carbonyl (C=O) groups is 1. The Morgan fingerprint density at radius 1 is 1.14 bits per heavy atom. The number of benzene rings is 3. The first kappa shape index (κ1) is 24.5. The first-order valence-electron chi connectivity index (χ1n) is 10.5. The molecule has 0 saturated heterocycles. The molecule has 182 valence electrons. The number of aliphatic carboxylic acids is 1. The Balaban J connectivity index is 1.54. The summed E-state index contributed by atoms with van der Waals surface area (Å²) in [6, 6.07) is 14.6. The minimum Gasteiger partial charge on any atom is -0.481 e. The number of aryl methyl sites for hydroxylation is 1. The lowest BCUT2D eigenvalue weighted by molar-refractivity contribution is -0.137. The van der Waals surface area contributed by atoms with Crippen molar-refractivity contribution in [2.24, 2.45) is 5.10 Å². The average Bonchev–Trinajstić information content (AvgIpc) is 3.21. The van der Waals surface area contributed by atoms with Crippen LogP contribution < -0.4 is 9.75 Å². The summed E-state index contributed by atoms with van der Waals surface area (Å²) in [5.41, 5.74) is 1.15. The normalized spacial score (nSPS) is 15.8. The van der Waals surface area contributed by atoms with Crippen LogP contribution in [0, 0.1) is 12.7 Å². The van der Waals surface area contributed by atoms with Crippen LogP contribution in [0.4, 0.5) is 23.2 Å². The summed E-state index contributed by atoms with van der Waals surface area (Å²) >= 11 is 6.35. The van der Waals surface area contributed by atoms with Crippen molar-refractivity contribution in [3.63, 3.8) is 0 Å². The van der Waals surface area contributed by atoms with Crippen molar-refractivity contribution in [3.05, 3.63) is 77.1 Å². The summed E-state index contributed by atoms with van der Waals surface area (Å²) in [5, 5.41) is 14.0. The van der Waals surface area contributed by atoms with Crippen molar-refractivity contribution in [3.8, 4) is 22.6 Å². The molecule has 1 heterocycles. The zero-order valence-corrected chi connectivity index (χ0v) is 19.1. The van der Waals surface area contributed by atoms with E-state index in [1.54, 1.807) is 30.3 Å². The van der Waals surface area contributed by atoms with Crippen LogP contribution in [0.5, 0.6) is 11.5 Å². The summed E-state index contributed by atoms with van der Waals surface area (Å²) in [6.45, 7) is 1.85. The maximum Gasteiger partial charge on any atom is 0.431 e. The summed E-state index contributed by atoms with van der Waals surface area (Å²) in [6.07, 6.45) is -5.65. The predicted octanol–water partition coefficient (Wildman–Crippen LogP) is 7.22. The fraction of sp³-hybridized carbons (Fsp3) is 0.200. The van der Waals surface area contributed by atoms with E-state index in [-0.39, 0.29) is 10.8 Å². The molecule has 0 spiro atoms. The number of halogens is 5. The van der Waals surface area contributed by atoms with Crippen molar-refractivity contribution in [2.45, 2.75) is 32.0 Å². The van der Waals surface area contributed by atoms with Gasteiger partial charge < -0.3 is 9.84 Å². The van der Waals surface area contributed by atoms with E-state index in [1.165, 1.54) is 30.3 Å². The first-order valence-corrected chi connectivity index (χ1v) is 10.9. The fourth-order valence-electron chi connectivity index (χ4n) is 3.77. The number of carboxylic acids is 1. The largest absolute Gasteiger partial charge is 0.481 e. The standard InChI is InChI=1S/C25H19ClF4N2O3/c1-14-2-8-21(27)19(10-14)15-3-9-22(20(26)11-15)35-18-6-4-16(5-7-18)32-17(13-24(33)34)12-23(31-32)25(28,29)30/h2-11,17H,12-13H2,1H3,(H,33,34). The number of nitrogens with zero attached hydrogens (tertiary/aromatic N) is 2. The molecule has 1 aliphatic rings. The molecule has 0 radical (unpaired) electrons. The van der Waals surface area contributed by atoms with Crippen molar-refractivity contribution in [2.75, 3.05) is 5.01 Å². The molecule has 0 saturated carbocycles. The highest BCUT2D eigenvalue weighted by Crippen LogP contribution is 2.37. The van der Waals surface area contributed by atoms with Crippen molar-refractivity contribution in [1.82, 2.24) is 0 Å². The molecule has 3 aromatic carbocycles. The highest BCUT2D eigenvalue weighted by molar-refractivity contribution is 6.32. The number of carboxylic acid groups (broad SMARTS) is 1. The Kier molecular flexibility index (Phi) is 6.71. The highest BCUT2D eigenvalue weighted by atomic mass is 35.5. The Morgan fingerprint density at radius 2 is 1.86 bits per heavy atom. The van der Waals surface area contributed by atoms with Crippen LogP contribution in [0.2, 0.25) is 5.02 Å². The summed E-state index contributed by atoms with van der Waals surface area (Å²) in [5.74, 6) is -0.949. The second-order valence-corrected chi connectivity index (χ2v) is 8.48. The summed E-state index contributed by atoms with van der Waals surface area (Å²) < 4.78 is 59.4. The molecule has 0 amide bonds. The van der Waals surface area contributed by atoms with Crippen LogP contribution in [0.1, 0.15) is 18.4 Å². The lowest BCUT2D eigenvalue weighted by Gasteiger charge is -2.22. The smallest absolute Gasteiger partial charge is 0.431 e. The van der Waals surface area contributed by atoms with Crippen LogP contribution in [-0.2, 0) is 4.79 Å². The maximum absolute atomic E-state index is 14.2. The number of hydrogen-bond acceptors (Lipinski definition) is 4. The second-order valence-electron chi connectivity index (χ2n) is 8.07. The van der Waals surface area contributed by atoms with E-state index in [1.807, 2.05) is 6.92 Å². The SMILES string of the molecule is Cc1ccc(F)c(-c2ccc(Oc3ccc(N4N=C(C(F)(F)F)CC4CC(=O)O)cc3)c(Cl)c2)c1. The molecule has 1 aliphatic heterocycles. The molecule has 0 aromatic heterocycles. The lowest BCUT2D eigenvalue weighted by Crippen LogP contribution is -2.29. The monoisotopic (exact) mass is 506 g/mol. The molecule has 1 atom stereocenters.